The lowest BCUT2D eigenvalue weighted by atomic mass is 10.0. The molecule has 1 aromatic carbocycles. The van der Waals surface area contributed by atoms with Gasteiger partial charge in [0.25, 0.3) is 0 Å². The van der Waals surface area contributed by atoms with Gasteiger partial charge in [-0.2, -0.15) is 0 Å². The van der Waals surface area contributed by atoms with E-state index in [-0.39, 0.29) is 12.7 Å². The molecule has 1 heterocycles. The topological polar surface area (TPSA) is 61.6 Å². The van der Waals surface area contributed by atoms with Crippen LogP contribution in [0.1, 0.15) is 12.5 Å². The van der Waals surface area contributed by atoms with Crippen molar-refractivity contribution in [2.24, 2.45) is 11.7 Å². The van der Waals surface area contributed by atoms with Crippen LogP contribution in [0, 0.1) is 5.92 Å². The molecule has 0 fully saturated rings. The van der Waals surface area contributed by atoms with Crippen LogP contribution in [-0.2, 0) is 11.2 Å². The second-order valence-corrected chi connectivity index (χ2v) is 4.13. The molecule has 17 heavy (non-hydrogen) atoms. The molecule has 0 aromatic heterocycles. The van der Waals surface area contributed by atoms with E-state index in [1.807, 2.05) is 31.2 Å². The molecule has 0 saturated heterocycles. The van der Waals surface area contributed by atoms with E-state index in [2.05, 4.69) is 0 Å². The van der Waals surface area contributed by atoms with Crippen molar-refractivity contribution < 1.29 is 14.3 Å². The van der Waals surface area contributed by atoms with E-state index in [0.717, 1.165) is 23.5 Å². The Labute approximate surface area is 100 Å². The maximum Gasteiger partial charge on any atom is 0.241 e. The number of ether oxygens (including phenoxy) is 2. The molecule has 0 spiro atoms. The van der Waals surface area contributed by atoms with Gasteiger partial charge in [-0.15, -0.1) is 0 Å². The third kappa shape index (κ3) is 3.00. The molecular formula is C13H15NO3. The largest absolute Gasteiger partial charge is 0.454 e. The molecule has 90 valence electrons. The molecule has 1 aromatic rings. The number of amides is 1. The maximum atomic E-state index is 10.6. The number of primary amides is 1. The highest BCUT2D eigenvalue weighted by Gasteiger charge is 2.13. The van der Waals surface area contributed by atoms with Crippen molar-refractivity contribution in [1.82, 2.24) is 0 Å². The first kappa shape index (κ1) is 11.5. The zero-order valence-corrected chi connectivity index (χ0v) is 9.68. The summed E-state index contributed by atoms with van der Waals surface area (Å²) in [7, 11) is 0. The summed E-state index contributed by atoms with van der Waals surface area (Å²) in [6.07, 6.45) is 4.05. The lowest BCUT2D eigenvalue weighted by Gasteiger charge is -2.06. The molecule has 0 radical (unpaired) electrons. The molecule has 0 bridgehead atoms. The van der Waals surface area contributed by atoms with Crippen LogP contribution in [0.2, 0.25) is 0 Å². The van der Waals surface area contributed by atoms with Crippen LogP contribution in [0.5, 0.6) is 11.5 Å². The Balaban J connectivity index is 2.01. The highest BCUT2D eigenvalue weighted by molar-refractivity contribution is 5.85. The van der Waals surface area contributed by atoms with Crippen LogP contribution in [0.15, 0.2) is 30.4 Å². The summed E-state index contributed by atoms with van der Waals surface area (Å²) < 4.78 is 10.5. The van der Waals surface area contributed by atoms with E-state index >= 15 is 0 Å². The summed E-state index contributed by atoms with van der Waals surface area (Å²) >= 11 is 0. The number of hydrogen-bond acceptors (Lipinski definition) is 3. The van der Waals surface area contributed by atoms with Crippen molar-refractivity contribution in [2.75, 3.05) is 6.79 Å². The van der Waals surface area contributed by atoms with Crippen LogP contribution in [0.3, 0.4) is 0 Å². The zero-order valence-electron chi connectivity index (χ0n) is 9.68. The molecule has 1 amide bonds. The number of fused-ring (bicyclic) bond motifs is 1. The van der Waals surface area contributed by atoms with Gasteiger partial charge < -0.3 is 15.2 Å². The predicted molar refractivity (Wildman–Crippen MR) is 63.8 cm³/mol. The molecule has 2 rings (SSSR count). The zero-order chi connectivity index (χ0) is 12.3. The van der Waals surface area contributed by atoms with Gasteiger partial charge in [0, 0.05) is 0 Å². The molecule has 0 saturated carbocycles. The normalized spacial score (nSPS) is 15.1. The van der Waals surface area contributed by atoms with Crippen LogP contribution >= 0.6 is 0 Å². The van der Waals surface area contributed by atoms with Crippen LogP contribution < -0.4 is 15.2 Å². The molecule has 4 heteroatoms. The molecule has 1 atom stereocenters. The maximum absolute atomic E-state index is 10.6. The van der Waals surface area contributed by atoms with Crippen molar-refractivity contribution in [1.29, 1.82) is 0 Å². The van der Waals surface area contributed by atoms with Gasteiger partial charge in [-0.1, -0.05) is 19.1 Å². The lowest BCUT2D eigenvalue weighted by Crippen LogP contribution is -2.07. The van der Waals surface area contributed by atoms with Gasteiger partial charge in [0.2, 0.25) is 12.7 Å². The molecule has 1 unspecified atom stereocenters. The standard InChI is InChI=1S/C13H15NO3/c1-9(2-5-13(14)15)6-10-3-4-11-12(7-10)17-8-16-11/h2-5,7,9H,6,8H2,1H3,(H2,14,15)/b5-2+. The number of benzene rings is 1. The first-order valence-corrected chi connectivity index (χ1v) is 5.51. The SMILES string of the molecule is CC(/C=C/C(N)=O)Cc1ccc2c(c1)OCO2. The monoisotopic (exact) mass is 233 g/mol. The third-order valence-corrected chi connectivity index (χ3v) is 2.58. The smallest absolute Gasteiger partial charge is 0.241 e. The van der Waals surface area contributed by atoms with E-state index in [1.165, 1.54) is 6.08 Å². The Morgan fingerprint density at radius 2 is 2.24 bits per heavy atom. The Kier molecular flexibility index (Phi) is 3.32. The van der Waals surface area contributed by atoms with Gasteiger partial charge in [0.05, 0.1) is 0 Å². The Bertz CT molecular complexity index is 454. The lowest BCUT2D eigenvalue weighted by molar-refractivity contribution is -0.113. The summed E-state index contributed by atoms with van der Waals surface area (Å²) in [5.41, 5.74) is 6.19. The highest BCUT2D eigenvalue weighted by atomic mass is 16.7. The number of nitrogens with two attached hydrogens (primary N) is 1. The first-order chi connectivity index (χ1) is 8.15. The fourth-order valence-electron chi connectivity index (χ4n) is 1.77. The minimum Gasteiger partial charge on any atom is -0.454 e. The average molecular weight is 233 g/mol. The van der Waals surface area contributed by atoms with E-state index in [0.29, 0.717) is 0 Å². The van der Waals surface area contributed by atoms with Crippen molar-refractivity contribution in [3.8, 4) is 11.5 Å². The fraction of sp³-hybridized carbons (Fsp3) is 0.308. The van der Waals surface area contributed by atoms with E-state index in [9.17, 15) is 4.79 Å². The third-order valence-electron chi connectivity index (χ3n) is 2.58. The number of rotatable bonds is 4. The molecule has 4 nitrogen and oxygen atoms in total. The van der Waals surface area contributed by atoms with Gasteiger partial charge in [-0.25, -0.2) is 0 Å². The fourth-order valence-corrected chi connectivity index (χ4v) is 1.77. The van der Waals surface area contributed by atoms with E-state index in [4.69, 9.17) is 15.2 Å². The van der Waals surface area contributed by atoms with Gasteiger partial charge in [0.1, 0.15) is 0 Å². The van der Waals surface area contributed by atoms with E-state index < -0.39 is 5.91 Å². The summed E-state index contributed by atoms with van der Waals surface area (Å²) in [6, 6.07) is 5.88. The quantitative estimate of drug-likeness (QED) is 0.804. The van der Waals surface area contributed by atoms with Gasteiger partial charge in [-0.05, 0) is 36.1 Å². The van der Waals surface area contributed by atoms with Gasteiger partial charge in [-0.3, -0.25) is 4.79 Å². The van der Waals surface area contributed by atoms with Crippen molar-refractivity contribution in [3.63, 3.8) is 0 Å². The van der Waals surface area contributed by atoms with Crippen LogP contribution in [0.25, 0.3) is 0 Å². The van der Waals surface area contributed by atoms with Crippen LogP contribution in [-0.4, -0.2) is 12.7 Å². The minimum atomic E-state index is -0.414. The Morgan fingerprint density at radius 3 is 3.00 bits per heavy atom. The average Bonchev–Trinajstić information content (AvgIpc) is 2.73. The predicted octanol–water partition coefficient (Wildman–Crippen LogP) is 1.64. The van der Waals surface area contributed by atoms with E-state index in [1.54, 1.807) is 0 Å². The number of allylic oxidation sites excluding steroid dienone is 1. The molecule has 2 N–H and O–H groups in total. The molecule has 1 aliphatic rings. The molecular weight excluding hydrogens is 218 g/mol. The van der Waals surface area contributed by atoms with Crippen molar-refractivity contribution >= 4 is 5.91 Å². The summed E-state index contributed by atoms with van der Waals surface area (Å²) in [4.78, 5) is 10.6. The second kappa shape index (κ2) is 4.91. The second-order valence-electron chi connectivity index (χ2n) is 4.13. The summed E-state index contributed by atoms with van der Waals surface area (Å²) in [6.45, 7) is 2.32. The van der Waals surface area contributed by atoms with Gasteiger partial charge in [0.15, 0.2) is 11.5 Å². The van der Waals surface area contributed by atoms with Crippen LogP contribution in [0.4, 0.5) is 0 Å². The molecule has 0 aliphatic carbocycles. The number of hydrogen-bond donors (Lipinski definition) is 1. The Hall–Kier alpha value is -1.97. The number of carbonyl (C=O) groups excluding carboxylic acids is 1. The van der Waals surface area contributed by atoms with Crippen molar-refractivity contribution in [3.05, 3.63) is 35.9 Å². The summed E-state index contributed by atoms with van der Waals surface area (Å²) in [5.74, 6) is 1.41. The van der Waals surface area contributed by atoms with Crippen molar-refractivity contribution in [2.45, 2.75) is 13.3 Å². The first-order valence-electron chi connectivity index (χ1n) is 5.51. The summed E-state index contributed by atoms with van der Waals surface area (Å²) in [5, 5.41) is 0. The number of carbonyl (C=O) groups is 1. The minimum absolute atomic E-state index is 0.253. The Morgan fingerprint density at radius 1 is 1.47 bits per heavy atom. The molecule has 1 aliphatic heterocycles. The highest BCUT2D eigenvalue weighted by Crippen LogP contribution is 2.33. The van der Waals surface area contributed by atoms with Gasteiger partial charge >= 0.3 is 0 Å².